The molecule has 15 heavy (non-hydrogen) atoms. The lowest BCUT2D eigenvalue weighted by atomic mass is 9.92. The second-order valence-corrected chi connectivity index (χ2v) is 4.58. The number of hydrogen-bond acceptors (Lipinski definition) is 1. The van der Waals surface area contributed by atoms with Crippen molar-refractivity contribution in [2.75, 3.05) is 0 Å². The van der Waals surface area contributed by atoms with Gasteiger partial charge in [-0.2, -0.15) is 0 Å². The molecule has 82 valence electrons. The summed E-state index contributed by atoms with van der Waals surface area (Å²) in [4.78, 5) is 0. The number of hydrogen-bond donors (Lipinski definition) is 0. The highest BCUT2D eigenvalue weighted by atomic mass is 16.6. The van der Waals surface area contributed by atoms with Gasteiger partial charge < -0.3 is 4.74 Å². The summed E-state index contributed by atoms with van der Waals surface area (Å²) in [6.45, 7) is 4.44. The van der Waals surface area contributed by atoms with Gasteiger partial charge in [0.15, 0.2) is 0 Å². The average molecular weight is 204 g/mol. The fraction of sp³-hybridized carbons (Fsp3) is 0.571. The lowest BCUT2D eigenvalue weighted by Gasteiger charge is -2.13. The van der Waals surface area contributed by atoms with E-state index >= 15 is 0 Å². The standard InChI is InChI=1S/C14H20O/c1-3-12(10-14-11(2)15-14)9-13-7-5-4-6-8-13/h4-8,11-12,14H,3,9-10H2,1-2H3. The maximum absolute atomic E-state index is 5.49. The molecule has 1 nitrogen and oxygen atoms in total. The maximum atomic E-state index is 5.49. The van der Waals surface area contributed by atoms with E-state index in [4.69, 9.17) is 4.74 Å². The maximum Gasteiger partial charge on any atom is 0.0841 e. The van der Waals surface area contributed by atoms with Gasteiger partial charge in [-0.1, -0.05) is 43.7 Å². The normalized spacial score (nSPS) is 26.3. The van der Waals surface area contributed by atoms with Crippen molar-refractivity contribution in [2.45, 2.75) is 45.3 Å². The molecule has 3 atom stereocenters. The second-order valence-electron chi connectivity index (χ2n) is 4.58. The van der Waals surface area contributed by atoms with Crippen molar-refractivity contribution in [3.05, 3.63) is 35.9 Å². The summed E-state index contributed by atoms with van der Waals surface area (Å²) in [6.07, 6.45) is 4.73. The molecule has 0 aliphatic carbocycles. The summed E-state index contributed by atoms with van der Waals surface area (Å²) in [6, 6.07) is 10.8. The van der Waals surface area contributed by atoms with Crippen molar-refractivity contribution in [2.24, 2.45) is 5.92 Å². The van der Waals surface area contributed by atoms with E-state index in [0.29, 0.717) is 12.2 Å². The van der Waals surface area contributed by atoms with Gasteiger partial charge in [0, 0.05) is 0 Å². The molecule has 1 aromatic rings. The lowest BCUT2D eigenvalue weighted by Crippen LogP contribution is -2.07. The van der Waals surface area contributed by atoms with Gasteiger partial charge in [0.25, 0.3) is 0 Å². The van der Waals surface area contributed by atoms with Crippen LogP contribution < -0.4 is 0 Å². The number of benzene rings is 1. The van der Waals surface area contributed by atoms with E-state index in [2.05, 4.69) is 44.2 Å². The molecular weight excluding hydrogens is 184 g/mol. The zero-order chi connectivity index (χ0) is 10.7. The fourth-order valence-electron chi connectivity index (χ4n) is 2.15. The van der Waals surface area contributed by atoms with E-state index in [0.717, 1.165) is 5.92 Å². The van der Waals surface area contributed by atoms with Crippen LogP contribution in [0.25, 0.3) is 0 Å². The minimum absolute atomic E-state index is 0.509. The molecule has 0 N–H and O–H groups in total. The first-order chi connectivity index (χ1) is 7.29. The van der Waals surface area contributed by atoms with E-state index in [9.17, 15) is 0 Å². The van der Waals surface area contributed by atoms with Gasteiger partial charge in [-0.15, -0.1) is 0 Å². The first-order valence-corrected chi connectivity index (χ1v) is 5.99. The van der Waals surface area contributed by atoms with Crippen LogP contribution >= 0.6 is 0 Å². The Kier molecular flexibility index (Phi) is 3.42. The molecular formula is C14H20O. The molecule has 1 aliphatic rings. The first-order valence-electron chi connectivity index (χ1n) is 5.99. The Bertz CT molecular complexity index is 293. The van der Waals surface area contributed by atoms with Crippen molar-refractivity contribution in [3.8, 4) is 0 Å². The zero-order valence-corrected chi connectivity index (χ0v) is 9.65. The van der Waals surface area contributed by atoms with Gasteiger partial charge in [-0.25, -0.2) is 0 Å². The number of ether oxygens (including phenoxy) is 1. The van der Waals surface area contributed by atoms with Crippen LogP contribution in [-0.4, -0.2) is 12.2 Å². The lowest BCUT2D eigenvalue weighted by molar-refractivity contribution is 0.333. The van der Waals surface area contributed by atoms with E-state index in [1.807, 2.05) is 0 Å². The molecule has 1 aromatic carbocycles. The third kappa shape index (κ3) is 3.07. The van der Waals surface area contributed by atoms with Crippen LogP contribution in [0.3, 0.4) is 0 Å². The Morgan fingerprint density at radius 2 is 1.93 bits per heavy atom. The van der Waals surface area contributed by atoms with E-state index in [1.165, 1.54) is 24.8 Å². The largest absolute Gasteiger partial charge is 0.370 e. The van der Waals surface area contributed by atoms with Crippen LogP contribution in [0.5, 0.6) is 0 Å². The molecule has 0 aromatic heterocycles. The topological polar surface area (TPSA) is 12.5 Å². The van der Waals surface area contributed by atoms with E-state index in [-0.39, 0.29) is 0 Å². The van der Waals surface area contributed by atoms with Crippen molar-refractivity contribution >= 4 is 0 Å². The van der Waals surface area contributed by atoms with Crippen LogP contribution in [0.4, 0.5) is 0 Å². The molecule has 1 saturated heterocycles. The van der Waals surface area contributed by atoms with Gasteiger partial charge in [0.1, 0.15) is 0 Å². The molecule has 0 spiro atoms. The molecule has 0 amide bonds. The summed E-state index contributed by atoms with van der Waals surface area (Å²) in [5, 5.41) is 0. The Morgan fingerprint density at radius 1 is 1.27 bits per heavy atom. The SMILES string of the molecule is CCC(Cc1ccccc1)CC1OC1C. The summed E-state index contributed by atoms with van der Waals surface area (Å²) in [5.74, 6) is 0.780. The molecule has 0 bridgehead atoms. The van der Waals surface area contributed by atoms with Crippen molar-refractivity contribution in [3.63, 3.8) is 0 Å². The summed E-state index contributed by atoms with van der Waals surface area (Å²) in [5.41, 5.74) is 1.46. The molecule has 1 heterocycles. The average Bonchev–Trinajstić information content (AvgIpc) is 2.95. The quantitative estimate of drug-likeness (QED) is 0.669. The van der Waals surface area contributed by atoms with Crippen LogP contribution in [-0.2, 0) is 11.2 Å². The van der Waals surface area contributed by atoms with Crippen LogP contribution in [0.1, 0.15) is 32.3 Å². The fourth-order valence-corrected chi connectivity index (χ4v) is 2.15. The monoisotopic (exact) mass is 204 g/mol. The van der Waals surface area contributed by atoms with Gasteiger partial charge in [0.05, 0.1) is 12.2 Å². The minimum atomic E-state index is 0.509. The Labute approximate surface area is 92.5 Å². The number of epoxide rings is 1. The molecule has 2 rings (SSSR count). The third-order valence-electron chi connectivity index (χ3n) is 3.35. The van der Waals surface area contributed by atoms with Gasteiger partial charge in [0.2, 0.25) is 0 Å². The molecule has 3 unspecified atom stereocenters. The molecule has 1 aliphatic heterocycles. The van der Waals surface area contributed by atoms with Gasteiger partial charge >= 0.3 is 0 Å². The summed E-state index contributed by atoms with van der Waals surface area (Å²) in [7, 11) is 0. The van der Waals surface area contributed by atoms with E-state index < -0.39 is 0 Å². The number of rotatable bonds is 5. The Balaban J connectivity index is 1.85. The summed E-state index contributed by atoms with van der Waals surface area (Å²) < 4.78 is 5.49. The molecule has 0 radical (unpaired) electrons. The Hall–Kier alpha value is -0.820. The predicted molar refractivity (Wildman–Crippen MR) is 62.9 cm³/mol. The first kappa shape index (κ1) is 10.7. The molecule has 1 heteroatoms. The zero-order valence-electron chi connectivity index (χ0n) is 9.65. The highest BCUT2D eigenvalue weighted by molar-refractivity contribution is 5.15. The van der Waals surface area contributed by atoms with Crippen molar-refractivity contribution in [1.82, 2.24) is 0 Å². The predicted octanol–water partition coefficient (Wildman–Crippen LogP) is 3.43. The molecule has 0 saturated carbocycles. The van der Waals surface area contributed by atoms with E-state index in [1.54, 1.807) is 0 Å². The smallest absolute Gasteiger partial charge is 0.0841 e. The van der Waals surface area contributed by atoms with Crippen LogP contribution in [0.2, 0.25) is 0 Å². The third-order valence-corrected chi connectivity index (χ3v) is 3.35. The highest BCUT2D eigenvalue weighted by Crippen LogP contribution is 2.30. The van der Waals surface area contributed by atoms with Gasteiger partial charge in [-0.05, 0) is 31.2 Å². The molecule has 1 fully saturated rings. The Morgan fingerprint density at radius 3 is 2.47 bits per heavy atom. The van der Waals surface area contributed by atoms with Gasteiger partial charge in [-0.3, -0.25) is 0 Å². The van der Waals surface area contributed by atoms with Crippen LogP contribution in [0.15, 0.2) is 30.3 Å². The van der Waals surface area contributed by atoms with Crippen molar-refractivity contribution in [1.29, 1.82) is 0 Å². The summed E-state index contributed by atoms with van der Waals surface area (Å²) >= 11 is 0. The highest BCUT2D eigenvalue weighted by Gasteiger charge is 2.35. The van der Waals surface area contributed by atoms with Crippen molar-refractivity contribution < 1.29 is 4.74 Å². The minimum Gasteiger partial charge on any atom is -0.370 e. The second kappa shape index (κ2) is 4.80. The van der Waals surface area contributed by atoms with Crippen LogP contribution in [0, 0.1) is 5.92 Å².